The highest BCUT2D eigenvalue weighted by molar-refractivity contribution is 7.89. The molecule has 1 saturated heterocycles. The summed E-state index contributed by atoms with van der Waals surface area (Å²) in [4.78, 5) is 1.91. The smallest absolute Gasteiger partial charge is 0.243 e. The number of hydrogen-bond donors (Lipinski definition) is 1. The predicted octanol–water partition coefficient (Wildman–Crippen LogP) is 1.58. The highest BCUT2D eigenvalue weighted by Crippen LogP contribution is 2.17. The Morgan fingerprint density at radius 2 is 1.69 bits per heavy atom. The number of morpholine rings is 1. The molecule has 0 bridgehead atoms. The van der Waals surface area contributed by atoms with Crippen molar-refractivity contribution in [1.29, 1.82) is 0 Å². The Balaban J connectivity index is 1.32. The van der Waals surface area contributed by atoms with Gasteiger partial charge >= 0.3 is 0 Å². The van der Waals surface area contributed by atoms with Crippen LogP contribution in [0.25, 0.3) is 5.69 Å². The lowest BCUT2D eigenvalue weighted by Crippen LogP contribution is -2.40. The predicted molar refractivity (Wildman–Crippen MR) is 108 cm³/mol. The van der Waals surface area contributed by atoms with Crippen LogP contribution in [0.4, 0.5) is 0 Å². The molecule has 4 rings (SSSR count). The Hall–Kier alpha value is -2.59. The number of para-hydroxylation sites is 1. The maximum absolute atomic E-state index is 12.7. The molecule has 0 radical (unpaired) electrons. The zero-order valence-corrected chi connectivity index (χ0v) is 16.8. The molecule has 0 atom stereocenters. The third-order valence-corrected chi connectivity index (χ3v) is 6.61. The van der Waals surface area contributed by atoms with E-state index in [0.717, 1.165) is 16.9 Å². The maximum atomic E-state index is 12.7. The zero-order valence-electron chi connectivity index (χ0n) is 15.9. The molecule has 9 heteroatoms. The molecular formula is C20H23N5O3S. The Morgan fingerprint density at radius 3 is 2.41 bits per heavy atom. The molecule has 2 heterocycles. The van der Waals surface area contributed by atoms with Gasteiger partial charge in [0, 0.05) is 26.2 Å². The first-order valence-corrected chi connectivity index (χ1v) is 10.9. The van der Waals surface area contributed by atoms with Crippen LogP contribution in [0.5, 0.6) is 0 Å². The van der Waals surface area contributed by atoms with Crippen molar-refractivity contribution >= 4 is 10.0 Å². The Labute approximate surface area is 170 Å². The molecule has 0 saturated carbocycles. The molecule has 3 aromatic rings. The highest BCUT2D eigenvalue weighted by atomic mass is 32.2. The number of sulfonamides is 1. The van der Waals surface area contributed by atoms with Crippen molar-refractivity contribution < 1.29 is 13.2 Å². The minimum Gasteiger partial charge on any atom is -0.379 e. The van der Waals surface area contributed by atoms with Crippen LogP contribution >= 0.6 is 0 Å². The Bertz CT molecular complexity index is 1030. The van der Waals surface area contributed by atoms with Gasteiger partial charge in [0.15, 0.2) is 0 Å². The quantitative estimate of drug-likeness (QED) is 0.633. The fourth-order valence-corrected chi connectivity index (χ4v) is 4.52. The van der Waals surface area contributed by atoms with Crippen molar-refractivity contribution in [3.05, 3.63) is 72.1 Å². The summed E-state index contributed by atoms with van der Waals surface area (Å²) in [5.74, 6) is 0. The van der Waals surface area contributed by atoms with E-state index < -0.39 is 10.0 Å². The van der Waals surface area contributed by atoms with Gasteiger partial charge < -0.3 is 10.1 Å². The topological polar surface area (TPSA) is 89.3 Å². The first-order valence-electron chi connectivity index (χ1n) is 9.47. The Morgan fingerprint density at radius 1 is 0.966 bits per heavy atom. The summed E-state index contributed by atoms with van der Waals surface area (Å²) < 4.78 is 32.0. The molecule has 0 spiro atoms. The fourth-order valence-electron chi connectivity index (χ4n) is 3.11. The third-order valence-electron chi connectivity index (χ3n) is 4.69. The van der Waals surface area contributed by atoms with Gasteiger partial charge in [0.1, 0.15) is 0 Å². The molecule has 29 heavy (non-hydrogen) atoms. The van der Waals surface area contributed by atoms with E-state index >= 15 is 0 Å². The van der Waals surface area contributed by atoms with Crippen molar-refractivity contribution in [2.75, 3.05) is 26.3 Å². The molecule has 2 aromatic carbocycles. The van der Waals surface area contributed by atoms with Crippen LogP contribution in [-0.4, -0.2) is 54.0 Å². The van der Waals surface area contributed by atoms with Crippen molar-refractivity contribution in [3.8, 4) is 5.69 Å². The van der Waals surface area contributed by atoms with Gasteiger partial charge in [0.05, 0.1) is 35.7 Å². The average molecular weight is 414 g/mol. The second kappa shape index (κ2) is 8.83. The summed E-state index contributed by atoms with van der Waals surface area (Å²) in [5, 5.41) is 12.1. The van der Waals surface area contributed by atoms with Crippen LogP contribution in [0.2, 0.25) is 0 Å². The zero-order chi connectivity index (χ0) is 20.1. The normalized spacial score (nSPS) is 15.4. The largest absolute Gasteiger partial charge is 0.379 e. The highest BCUT2D eigenvalue weighted by Gasteiger charge is 2.25. The van der Waals surface area contributed by atoms with Crippen LogP contribution in [0.3, 0.4) is 0 Å². The maximum Gasteiger partial charge on any atom is 0.243 e. The molecule has 152 valence electrons. The van der Waals surface area contributed by atoms with Gasteiger partial charge in [0.2, 0.25) is 10.0 Å². The summed E-state index contributed by atoms with van der Waals surface area (Å²) >= 11 is 0. The van der Waals surface area contributed by atoms with E-state index in [-0.39, 0.29) is 0 Å². The van der Waals surface area contributed by atoms with Crippen LogP contribution in [0, 0.1) is 0 Å². The summed E-state index contributed by atoms with van der Waals surface area (Å²) in [6.45, 7) is 2.85. The van der Waals surface area contributed by atoms with Gasteiger partial charge in [-0.05, 0) is 29.8 Å². The number of benzene rings is 2. The minimum atomic E-state index is -3.45. The SMILES string of the molecule is O=S(=O)(c1ccc(CNCc2cnn(-c3ccccc3)n2)cc1)N1CCOCC1. The van der Waals surface area contributed by atoms with Crippen molar-refractivity contribution in [2.24, 2.45) is 0 Å². The number of rotatable bonds is 7. The molecule has 0 amide bonds. The van der Waals surface area contributed by atoms with E-state index in [9.17, 15) is 8.42 Å². The lowest BCUT2D eigenvalue weighted by Gasteiger charge is -2.26. The third kappa shape index (κ3) is 4.70. The average Bonchev–Trinajstić information content (AvgIpc) is 3.24. The van der Waals surface area contributed by atoms with Gasteiger partial charge in [-0.2, -0.15) is 19.3 Å². The number of nitrogens with one attached hydrogen (secondary N) is 1. The van der Waals surface area contributed by atoms with Crippen molar-refractivity contribution in [2.45, 2.75) is 18.0 Å². The van der Waals surface area contributed by atoms with Gasteiger partial charge in [-0.15, -0.1) is 0 Å². The van der Waals surface area contributed by atoms with Gasteiger partial charge in [0.25, 0.3) is 0 Å². The number of aromatic nitrogens is 3. The number of nitrogens with zero attached hydrogens (tertiary/aromatic N) is 4. The molecule has 1 aliphatic heterocycles. The molecule has 1 fully saturated rings. The van der Waals surface area contributed by atoms with Crippen LogP contribution in [-0.2, 0) is 27.8 Å². The first-order chi connectivity index (χ1) is 14.1. The second-order valence-electron chi connectivity index (χ2n) is 6.72. The van der Waals surface area contributed by atoms with Crippen molar-refractivity contribution in [3.63, 3.8) is 0 Å². The fraction of sp³-hybridized carbons (Fsp3) is 0.300. The van der Waals surface area contributed by atoms with E-state index in [1.54, 1.807) is 23.1 Å². The van der Waals surface area contributed by atoms with Gasteiger partial charge in [-0.1, -0.05) is 30.3 Å². The molecule has 1 N–H and O–H groups in total. The number of ether oxygens (including phenoxy) is 1. The van der Waals surface area contributed by atoms with E-state index in [4.69, 9.17) is 4.74 Å². The van der Waals surface area contributed by atoms with Crippen LogP contribution < -0.4 is 5.32 Å². The molecule has 8 nitrogen and oxygen atoms in total. The molecule has 0 unspecified atom stereocenters. The van der Waals surface area contributed by atoms with E-state index in [1.807, 2.05) is 42.5 Å². The molecule has 1 aromatic heterocycles. The lowest BCUT2D eigenvalue weighted by molar-refractivity contribution is 0.0730. The summed E-state index contributed by atoms with van der Waals surface area (Å²) in [7, 11) is -3.45. The van der Waals surface area contributed by atoms with E-state index in [1.165, 1.54) is 4.31 Å². The van der Waals surface area contributed by atoms with Crippen LogP contribution in [0.1, 0.15) is 11.3 Å². The Kier molecular flexibility index (Phi) is 6.00. The second-order valence-corrected chi connectivity index (χ2v) is 8.66. The van der Waals surface area contributed by atoms with Crippen molar-refractivity contribution in [1.82, 2.24) is 24.6 Å². The minimum absolute atomic E-state index is 0.314. The monoisotopic (exact) mass is 413 g/mol. The first kappa shape index (κ1) is 19.7. The van der Waals surface area contributed by atoms with Gasteiger partial charge in [-0.25, -0.2) is 8.42 Å². The number of hydrogen-bond acceptors (Lipinski definition) is 6. The van der Waals surface area contributed by atoms with Gasteiger partial charge in [-0.3, -0.25) is 0 Å². The summed E-state index contributed by atoms with van der Waals surface area (Å²) in [5.41, 5.74) is 2.75. The lowest BCUT2D eigenvalue weighted by atomic mass is 10.2. The summed E-state index contributed by atoms with van der Waals surface area (Å²) in [6.07, 6.45) is 1.73. The summed E-state index contributed by atoms with van der Waals surface area (Å²) in [6, 6.07) is 16.7. The van der Waals surface area contributed by atoms with E-state index in [0.29, 0.717) is 44.3 Å². The molecule has 0 aliphatic carbocycles. The van der Waals surface area contributed by atoms with E-state index in [2.05, 4.69) is 15.5 Å². The standard InChI is InChI=1S/C20H23N5O3S/c26-29(27,24-10-12-28-13-11-24)20-8-6-17(7-9-20)14-21-15-18-16-22-25(23-18)19-4-2-1-3-5-19/h1-9,16,21H,10-15H2. The molecular weight excluding hydrogens is 390 g/mol. The molecule has 1 aliphatic rings. The van der Waals surface area contributed by atoms with Crippen LogP contribution in [0.15, 0.2) is 65.7 Å².